The first-order chi connectivity index (χ1) is 12.2. The maximum atomic E-state index is 13.0. The van der Waals surface area contributed by atoms with Gasteiger partial charge in [0.05, 0.1) is 0 Å². The van der Waals surface area contributed by atoms with Crippen LogP contribution in [0, 0.1) is 5.82 Å². The standard InChI is InChI=1S/C19H24FN3O2/c20-14-7-9-15(10-8-14)25-17-5-3-4-16(19(17)24)21-12-13-23-18-6-1-2-11-22-18/h1-2,6-11,16-17,19,21,24H,3-5,12-13H2,(H,22,23)/t16-,17+,19+/m0/s1. The van der Waals surface area contributed by atoms with Gasteiger partial charge in [0.1, 0.15) is 29.6 Å². The second kappa shape index (κ2) is 8.78. The third-order valence-electron chi connectivity index (χ3n) is 4.40. The van der Waals surface area contributed by atoms with Gasteiger partial charge in [-0.15, -0.1) is 0 Å². The summed E-state index contributed by atoms with van der Waals surface area (Å²) in [6.45, 7) is 1.45. The highest BCUT2D eigenvalue weighted by atomic mass is 19.1. The molecule has 0 amide bonds. The molecule has 6 heteroatoms. The monoisotopic (exact) mass is 345 g/mol. The summed E-state index contributed by atoms with van der Waals surface area (Å²) in [5.41, 5.74) is 0. The largest absolute Gasteiger partial charge is 0.488 e. The highest BCUT2D eigenvalue weighted by molar-refractivity contribution is 5.32. The van der Waals surface area contributed by atoms with Crippen molar-refractivity contribution < 1.29 is 14.2 Å². The molecule has 3 N–H and O–H groups in total. The molecule has 25 heavy (non-hydrogen) atoms. The maximum Gasteiger partial charge on any atom is 0.126 e. The lowest BCUT2D eigenvalue weighted by molar-refractivity contribution is -0.0149. The Labute approximate surface area is 147 Å². The van der Waals surface area contributed by atoms with Crippen LogP contribution in [0.2, 0.25) is 0 Å². The van der Waals surface area contributed by atoms with Crippen molar-refractivity contribution in [2.24, 2.45) is 0 Å². The van der Waals surface area contributed by atoms with E-state index in [9.17, 15) is 9.50 Å². The van der Waals surface area contributed by atoms with Crippen molar-refractivity contribution in [2.75, 3.05) is 18.4 Å². The van der Waals surface area contributed by atoms with Crippen LogP contribution in [-0.2, 0) is 0 Å². The SMILES string of the molecule is O[C@@H]1[C@@H](NCCNc2ccccn2)CCC[C@H]1Oc1ccc(F)cc1. The van der Waals surface area contributed by atoms with E-state index in [0.29, 0.717) is 5.75 Å². The number of benzene rings is 1. The van der Waals surface area contributed by atoms with Gasteiger partial charge in [-0.3, -0.25) is 0 Å². The van der Waals surface area contributed by atoms with Crippen molar-refractivity contribution in [1.82, 2.24) is 10.3 Å². The lowest BCUT2D eigenvalue weighted by Crippen LogP contribution is -2.52. The summed E-state index contributed by atoms with van der Waals surface area (Å²) in [6.07, 6.45) is 3.57. The molecule has 0 spiro atoms. The van der Waals surface area contributed by atoms with E-state index in [4.69, 9.17) is 4.74 Å². The van der Waals surface area contributed by atoms with E-state index >= 15 is 0 Å². The molecule has 2 aromatic rings. The highest BCUT2D eigenvalue weighted by Gasteiger charge is 2.32. The van der Waals surface area contributed by atoms with Crippen LogP contribution in [0.5, 0.6) is 5.75 Å². The normalized spacial score (nSPS) is 23.2. The molecule has 0 unspecified atom stereocenters. The van der Waals surface area contributed by atoms with Crippen LogP contribution in [0.15, 0.2) is 48.7 Å². The molecule has 0 bridgehead atoms. The van der Waals surface area contributed by atoms with E-state index in [-0.39, 0.29) is 18.0 Å². The molecule has 1 heterocycles. The predicted molar refractivity (Wildman–Crippen MR) is 95.2 cm³/mol. The molecular formula is C19H24FN3O2. The van der Waals surface area contributed by atoms with Gasteiger partial charge in [-0.25, -0.2) is 9.37 Å². The average molecular weight is 345 g/mol. The quantitative estimate of drug-likeness (QED) is 0.673. The van der Waals surface area contributed by atoms with E-state index in [2.05, 4.69) is 15.6 Å². The minimum Gasteiger partial charge on any atom is -0.488 e. The van der Waals surface area contributed by atoms with Crippen molar-refractivity contribution in [2.45, 2.75) is 37.5 Å². The summed E-state index contributed by atoms with van der Waals surface area (Å²) in [7, 11) is 0. The van der Waals surface area contributed by atoms with E-state index in [0.717, 1.165) is 38.2 Å². The van der Waals surface area contributed by atoms with Crippen LogP contribution >= 0.6 is 0 Å². The number of pyridine rings is 1. The molecule has 134 valence electrons. The van der Waals surface area contributed by atoms with Gasteiger partial charge in [0, 0.05) is 25.3 Å². The fraction of sp³-hybridized carbons (Fsp3) is 0.421. The van der Waals surface area contributed by atoms with Crippen molar-refractivity contribution in [3.8, 4) is 5.75 Å². The number of anilines is 1. The zero-order chi connectivity index (χ0) is 17.5. The first-order valence-electron chi connectivity index (χ1n) is 8.71. The Kier molecular flexibility index (Phi) is 6.19. The molecule has 0 radical (unpaired) electrons. The molecule has 5 nitrogen and oxygen atoms in total. The number of hydrogen-bond donors (Lipinski definition) is 3. The zero-order valence-electron chi connectivity index (χ0n) is 14.1. The second-order valence-electron chi connectivity index (χ2n) is 6.23. The van der Waals surface area contributed by atoms with Gasteiger partial charge in [-0.1, -0.05) is 6.07 Å². The molecule has 1 aliphatic rings. The molecule has 1 aromatic heterocycles. The number of aliphatic hydroxyl groups is 1. The lowest BCUT2D eigenvalue weighted by Gasteiger charge is -2.35. The smallest absolute Gasteiger partial charge is 0.126 e. The molecule has 1 aromatic carbocycles. The van der Waals surface area contributed by atoms with Crippen LogP contribution in [0.3, 0.4) is 0 Å². The number of aromatic nitrogens is 1. The fourth-order valence-corrected chi connectivity index (χ4v) is 3.09. The molecule has 1 aliphatic carbocycles. The Morgan fingerprint density at radius 3 is 2.72 bits per heavy atom. The topological polar surface area (TPSA) is 66.4 Å². The summed E-state index contributed by atoms with van der Waals surface area (Å²) in [5.74, 6) is 1.13. The number of rotatable bonds is 7. The van der Waals surface area contributed by atoms with Crippen molar-refractivity contribution >= 4 is 5.82 Å². The second-order valence-corrected chi connectivity index (χ2v) is 6.23. The molecule has 1 fully saturated rings. The summed E-state index contributed by atoms with van der Waals surface area (Å²) >= 11 is 0. The summed E-state index contributed by atoms with van der Waals surface area (Å²) in [6, 6.07) is 11.6. The van der Waals surface area contributed by atoms with Gasteiger partial charge < -0.3 is 20.5 Å². The van der Waals surface area contributed by atoms with Crippen molar-refractivity contribution in [1.29, 1.82) is 0 Å². The first-order valence-corrected chi connectivity index (χ1v) is 8.71. The van der Waals surface area contributed by atoms with E-state index in [1.165, 1.54) is 12.1 Å². The molecule has 1 saturated carbocycles. The van der Waals surface area contributed by atoms with Gasteiger partial charge in [0.2, 0.25) is 0 Å². The molecule has 3 rings (SSSR count). The van der Waals surface area contributed by atoms with E-state index in [1.54, 1.807) is 18.3 Å². The molecule has 0 aliphatic heterocycles. The summed E-state index contributed by atoms with van der Waals surface area (Å²) < 4.78 is 18.8. The Morgan fingerprint density at radius 1 is 1.12 bits per heavy atom. The molecular weight excluding hydrogens is 321 g/mol. The zero-order valence-corrected chi connectivity index (χ0v) is 14.1. The van der Waals surface area contributed by atoms with Crippen molar-refractivity contribution in [3.05, 3.63) is 54.5 Å². The van der Waals surface area contributed by atoms with Crippen LogP contribution in [0.4, 0.5) is 10.2 Å². The van der Waals surface area contributed by atoms with Crippen LogP contribution in [0.1, 0.15) is 19.3 Å². The van der Waals surface area contributed by atoms with Crippen LogP contribution in [0.25, 0.3) is 0 Å². The number of ether oxygens (including phenoxy) is 1. The van der Waals surface area contributed by atoms with Crippen LogP contribution in [-0.4, -0.2) is 41.4 Å². The maximum absolute atomic E-state index is 13.0. The average Bonchev–Trinajstić information content (AvgIpc) is 2.64. The Balaban J connectivity index is 1.44. The number of aliphatic hydroxyl groups excluding tert-OH is 1. The van der Waals surface area contributed by atoms with Crippen LogP contribution < -0.4 is 15.4 Å². The number of nitrogens with one attached hydrogen (secondary N) is 2. The third-order valence-corrected chi connectivity index (χ3v) is 4.40. The number of halogens is 1. The Hall–Kier alpha value is -2.18. The lowest BCUT2D eigenvalue weighted by atomic mass is 9.90. The van der Waals surface area contributed by atoms with Gasteiger partial charge in [0.15, 0.2) is 0 Å². The van der Waals surface area contributed by atoms with Gasteiger partial charge in [0.25, 0.3) is 0 Å². The molecule has 3 atom stereocenters. The predicted octanol–water partition coefficient (Wildman–Crippen LogP) is 2.58. The Bertz CT molecular complexity index is 639. The third kappa shape index (κ3) is 5.14. The van der Waals surface area contributed by atoms with Crippen molar-refractivity contribution in [3.63, 3.8) is 0 Å². The van der Waals surface area contributed by atoms with Gasteiger partial charge in [-0.05, 0) is 55.7 Å². The molecule has 0 saturated heterocycles. The first kappa shape index (κ1) is 17.6. The Morgan fingerprint density at radius 2 is 1.96 bits per heavy atom. The van der Waals surface area contributed by atoms with Gasteiger partial charge >= 0.3 is 0 Å². The van der Waals surface area contributed by atoms with Gasteiger partial charge in [-0.2, -0.15) is 0 Å². The van der Waals surface area contributed by atoms with E-state index < -0.39 is 6.10 Å². The van der Waals surface area contributed by atoms with E-state index in [1.807, 2.05) is 18.2 Å². The minimum absolute atomic E-state index is 0.00951. The minimum atomic E-state index is -0.589. The number of nitrogens with zero attached hydrogens (tertiary/aromatic N) is 1. The summed E-state index contributed by atoms with van der Waals surface area (Å²) in [4.78, 5) is 4.21. The highest BCUT2D eigenvalue weighted by Crippen LogP contribution is 2.24. The number of hydrogen-bond acceptors (Lipinski definition) is 5. The summed E-state index contributed by atoms with van der Waals surface area (Å²) in [5, 5.41) is 17.2. The fourth-order valence-electron chi connectivity index (χ4n) is 3.09.